The molecule has 3 rings (SSSR count). The van der Waals surface area contributed by atoms with Crippen LogP contribution in [0.15, 0.2) is 66.7 Å². The summed E-state index contributed by atoms with van der Waals surface area (Å²) >= 11 is 0. The van der Waals surface area contributed by atoms with Gasteiger partial charge in [0.15, 0.2) is 0 Å². The molecule has 0 saturated heterocycles. The predicted molar refractivity (Wildman–Crippen MR) is 205 cm³/mol. The van der Waals surface area contributed by atoms with E-state index in [-0.39, 0.29) is 30.8 Å². The molecular formula is C42H64N2O8. The minimum atomic E-state index is -0.691. The van der Waals surface area contributed by atoms with E-state index in [1.54, 1.807) is 24.3 Å². The van der Waals surface area contributed by atoms with Gasteiger partial charge in [0.05, 0.1) is 38.1 Å². The Labute approximate surface area is 310 Å². The SMILES string of the molecule is OCc1cc(C(O)CNCCCCCCCCOCC(CCc2ccccc2)OCCCCCCNCC(O)c2ccc(O)c(CO)c2)ccc1O. The fourth-order valence-electron chi connectivity index (χ4n) is 6.11. The number of aryl methyl sites for hydroxylation is 1. The van der Waals surface area contributed by atoms with E-state index in [0.29, 0.717) is 42.0 Å². The van der Waals surface area contributed by atoms with E-state index in [2.05, 4.69) is 34.9 Å². The van der Waals surface area contributed by atoms with Gasteiger partial charge in [-0.05, 0) is 92.6 Å². The summed E-state index contributed by atoms with van der Waals surface area (Å²) in [4.78, 5) is 0. The molecule has 52 heavy (non-hydrogen) atoms. The number of unbranched alkanes of at least 4 members (excludes halogenated alkanes) is 8. The molecule has 0 aliphatic carbocycles. The first-order valence-electron chi connectivity index (χ1n) is 19.3. The average Bonchev–Trinajstić information content (AvgIpc) is 3.16. The molecule has 10 nitrogen and oxygen atoms in total. The van der Waals surface area contributed by atoms with Crippen LogP contribution in [0.2, 0.25) is 0 Å². The van der Waals surface area contributed by atoms with Gasteiger partial charge in [-0.25, -0.2) is 0 Å². The average molecular weight is 725 g/mol. The highest BCUT2D eigenvalue weighted by Gasteiger charge is 2.12. The number of hydrogen-bond acceptors (Lipinski definition) is 10. The Morgan fingerprint density at radius 1 is 0.577 bits per heavy atom. The van der Waals surface area contributed by atoms with Crippen LogP contribution >= 0.6 is 0 Å². The molecule has 290 valence electrons. The number of hydrogen-bond donors (Lipinski definition) is 8. The maximum absolute atomic E-state index is 10.4. The van der Waals surface area contributed by atoms with Crippen molar-refractivity contribution in [1.82, 2.24) is 10.6 Å². The van der Waals surface area contributed by atoms with Crippen molar-refractivity contribution in [2.24, 2.45) is 0 Å². The number of aromatic hydroxyl groups is 2. The normalized spacial score (nSPS) is 13.3. The number of ether oxygens (including phenoxy) is 2. The highest BCUT2D eigenvalue weighted by Crippen LogP contribution is 2.23. The van der Waals surface area contributed by atoms with E-state index in [0.717, 1.165) is 90.5 Å². The smallest absolute Gasteiger partial charge is 0.121 e. The summed E-state index contributed by atoms with van der Waals surface area (Å²) in [5.74, 6) is 0.0759. The molecule has 10 heteroatoms. The van der Waals surface area contributed by atoms with Crippen molar-refractivity contribution in [3.63, 3.8) is 0 Å². The molecule has 3 aromatic rings. The lowest BCUT2D eigenvalue weighted by Gasteiger charge is -2.18. The van der Waals surface area contributed by atoms with E-state index in [1.165, 1.54) is 30.5 Å². The van der Waals surface area contributed by atoms with E-state index < -0.39 is 12.2 Å². The number of phenols is 2. The fourth-order valence-corrected chi connectivity index (χ4v) is 6.11. The van der Waals surface area contributed by atoms with Crippen molar-refractivity contribution >= 4 is 0 Å². The second-order valence-corrected chi connectivity index (χ2v) is 13.7. The van der Waals surface area contributed by atoms with Crippen molar-refractivity contribution in [2.45, 2.75) is 109 Å². The molecular weight excluding hydrogens is 660 g/mol. The molecule has 0 aliphatic rings. The van der Waals surface area contributed by atoms with Gasteiger partial charge in [-0.2, -0.15) is 0 Å². The van der Waals surface area contributed by atoms with E-state index in [1.807, 2.05) is 6.07 Å². The second-order valence-electron chi connectivity index (χ2n) is 13.7. The summed E-state index contributed by atoms with van der Waals surface area (Å²) in [7, 11) is 0. The first-order chi connectivity index (χ1) is 25.4. The summed E-state index contributed by atoms with van der Waals surface area (Å²) < 4.78 is 12.4. The highest BCUT2D eigenvalue weighted by molar-refractivity contribution is 5.37. The van der Waals surface area contributed by atoms with Gasteiger partial charge in [-0.1, -0.05) is 81.0 Å². The van der Waals surface area contributed by atoms with Crippen LogP contribution in [0.3, 0.4) is 0 Å². The molecule has 8 N–H and O–H groups in total. The van der Waals surface area contributed by atoms with E-state index >= 15 is 0 Å². The van der Waals surface area contributed by atoms with Crippen LogP contribution in [0.5, 0.6) is 11.5 Å². The molecule has 3 unspecified atom stereocenters. The lowest BCUT2D eigenvalue weighted by Crippen LogP contribution is -2.23. The fraction of sp³-hybridized carbons (Fsp3) is 0.571. The van der Waals surface area contributed by atoms with Crippen LogP contribution in [0.1, 0.15) is 111 Å². The highest BCUT2D eigenvalue weighted by atomic mass is 16.5. The number of aliphatic hydroxyl groups excluding tert-OH is 4. The molecule has 0 amide bonds. The van der Waals surface area contributed by atoms with Crippen molar-refractivity contribution < 1.29 is 40.1 Å². The molecule has 3 aromatic carbocycles. The molecule has 0 heterocycles. The third kappa shape index (κ3) is 17.6. The predicted octanol–water partition coefficient (Wildman–Crippen LogP) is 5.96. The molecule has 0 aliphatic heterocycles. The monoisotopic (exact) mass is 724 g/mol. The van der Waals surface area contributed by atoms with Gasteiger partial charge >= 0.3 is 0 Å². The molecule has 0 radical (unpaired) electrons. The number of aliphatic hydroxyl groups is 4. The quantitative estimate of drug-likeness (QED) is 0.0385. The van der Waals surface area contributed by atoms with Crippen molar-refractivity contribution in [3.8, 4) is 11.5 Å². The number of benzene rings is 3. The first-order valence-corrected chi connectivity index (χ1v) is 19.3. The minimum Gasteiger partial charge on any atom is -0.508 e. The van der Waals surface area contributed by atoms with Crippen LogP contribution < -0.4 is 10.6 Å². The maximum atomic E-state index is 10.4. The van der Waals surface area contributed by atoms with E-state index in [4.69, 9.17) is 9.47 Å². The standard InChI is InChI=1S/C42H64N2O8/c45-30-36-26-34(17-20-39(36)47)41(49)28-43-22-10-3-1-2-5-12-24-51-32-38(19-16-33-14-8-7-9-15-33)52-25-13-6-4-11-23-44-29-42(50)35-18-21-40(48)37(27-35)31-46/h7-9,14-15,17-18,20-21,26-27,38,41-50H,1-6,10-13,16,19,22-25,28-32H2. The third-order valence-corrected chi connectivity index (χ3v) is 9.39. The Morgan fingerprint density at radius 2 is 1.08 bits per heavy atom. The van der Waals surface area contributed by atoms with Gasteiger partial charge in [0.25, 0.3) is 0 Å². The summed E-state index contributed by atoms with van der Waals surface area (Å²) in [5, 5.41) is 65.4. The summed E-state index contributed by atoms with van der Waals surface area (Å²) in [5.41, 5.74) is 3.51. The topological polar surface area (TPSA) is 164 Å². The lowest BCUT2D eigenvalue weighted by atomic mass is 10.1. The van der Waals surface area contributed by atoms with Gasteiger partial charge in [0.1, 0.15) is 11.5 Å². The Morgan fingerprint density at radius 3 is 1.62 bits per heavy atom. The lowest BCUT2D eigenvalue weighted by molar-refractivity contribution is -0.0222. The zero-order valence-corrected chi connectivity index (χ0v) is 30.9. The van der Waals surface area contributed by atoms with Crippen LogP contribution in [-0.4, -0.2) is 82.7 Å². The molecule has 3 atom stereocenters. The second kappa shape index (κ2) is 26.7. The van der Waals surface area contributed by atoms with Crippen LogP contribution in [-0.2, 0) is 29.1 Å². The third-order valence-electron chi connectivity index (χ3n) is 9.39. The Bertz CT molecular complexity index is 1340. The molecule has 0 fully saturated rings. The Hall–Kier alpha value is -3.06. The van der Waals surface area contributed by atoms with Crippen LogP contribution in [0.4, 0.5) is 0 Å². The molecule has 0 bridgehead atoms. The Balaban J connectivity index is 1.19. The van der Waals surface area contributed by atoms with Gasteiger partial charge < -0.3 is 50.7 Å². The zero-order chi connectivity index (χ0) is 37.2. The van der Waals surface area contributed by atoms with Crippen molar-refractivity contribution in [2.75, 3.05) is 46.0 Å². The maximum Gasteiger partial charge on any atom is 0.121 e. The van der Waals surface area contributed by atoms with Gasteiger partial charge in [-0.15, -0.1) is 0 Å². The van der Waals surface area contributed by atoms with Crippen LogP contribution in [0.25, 0.3) is 0 Å². The number of nitrogens with one attached hydrogen (secondary N) is 2. The van der Waals surface area contributed by atoms with Gasteiger partial charge in [0, 0.05) is 37.4 Å². The Kier molecular flexibility index (Phi) is 22.2. The van der Waals surface area contributed by atoms with Gasteiger partial charge in [-0.3, -0.25) is 0 Å². The number of rotatable bonds is 30. The van der Waals surface area contributed by atoms with Crippen LogP contribution in [0, 0.1) is 0 Å². The van der Waals surface area contributed by atoms with Gasteiger partial charge in [0.2, 0.25) is 0 Å². The van der Waals surface area contributed by atoms with E-state index in [9.17, 15) is 30.6 Å². The summed E-state index contributed by atoms with van der Waals surface area (Å²) in [6.45, 7) is 4.08. The minimum absolute atomic E-state index is 0.0358. The zero-order valence-electron chi connectivity index (χ0n) is 30.9. The largest absolute Gasteiger partial charge is 0.508 e. The summed E-state index contributed by atoms with van der Waals surface area (Å²) in [6, 6.07) is 20.2. The van der Waals surface area contributed by atoms with Crippen molar-refractivity contribution in [3.05, 3.63) is 94.5 Å². The first kappa shape index (κ1) is 43.3. The molecule has 0 spiro atoms. The summed E-state index contributed by atoms with van der Waals surface area (Å²) in [6.07, 6.45) is 11.5. The van der Waals surface area contributed by atoms with Crippen molar-refractivity contribution in [1.29, 1.82) is 0 Å². The molecule has 0 aromatic heterocycles. The molecule has 0 saturated carbocycles.